The van der Waals surface area contributed by atoms with Crippen LogP contribution in [0.25, 0.3) is 0 Å². The first-order chi connectivity index (χ1) is 10.3. The zero-order chi connectivity index (χ0) is 16.2. The summed E-state index contributed by atoms with van der Waals surface area (Å²) >= 11 is 0. The van der Waals surface area contributed by atoms with E-state index in [0.29, 0.717) is 16.9 Å². The van der Waals surface area contributed by atoms with Crippen molar-refractivity contribution in [2.45, 2.75) is 12.7 Å². The van der Waals surface area contributed by atoms with E-state index in [2.05, 4.69) is 10.5 Å². The molecule has 0 amide bonds. The van der Waals surface area contributed by atoms with Crippen LogP contribution in [0.15, 0.2) is 34.9 Å². The van der Waals surface area contributed by atoms with Crippen LogP contribution >= 0.6 is 0 Å². The van der Waals surface area contributed by atoms with Crippen LogP contribution in [0.4, 0.5) is 5.69 Å². The molecule has 0 saturated carbocycles. The number of carbonyl (C=O) groups is 1. The Morgan fingerprint density at radius 3 is 2.55 bits per heavy atom. The lowest BCUT2D eigenvalue weighted by atomic mass is 10.2. The smallest absolute Gasteiger partial charge is 0.333 e. The number of esters is 1. The fourth-order valence-electron chi connectivity index (χ4n) is 1.73. The third-order valence-electron chi connectivity index (χ3n) is 2.64. The van der Waals surface area contributed by atoms with Gasteiger partial charge in [-0.25, -0.2) is 13.2 Å². The Kier molecular flexibility index (Phi) is 4.81. The summed E-state index contributed by atoms with van der Waals surface area (Å²) < 4.78 is 32.1. The molecule has 118 valence electrons. The lowest BCUT2D eigenvalue weighted by molar-refractivity contribution is -0.133. The Bertz CT molecular complexity index is 750. The maximum Gasteiger partial charge on any atom is 0.333 e. The zero-order valence-electron chi connectivity index (χ0n) is 12.2. The third-order valence-corrected chi connectivity index (χ3v) is 3.50. The van der Waals surface area contributed by atoms with Crippen LogP contribution in [-0.4, -0.2) is 32.3 Å². The van der Waals surface area contributed by atoms with Gasteiger partial charge in [-0.1, -0.05) is 17.3 Å². The molecule has 1 aromatic heterocycles. The molecule has 1 heterocycles. The highest BCUT2D eigenvalue weighted by Gasteiger charge is 2.09. The van der Waals surface area contributed by atoms with Crippen LogP contribution in [0.3, 0.4) is 0 Å². The normalized spacial score (nSPS) is 11.2. The molecule has 0 aliphatic rings. The number of aryl methyl sites for hydroxylation is 1. The monoisotopic (exact) mass is 324 g/mol. The van der Waals surface area contributed by atoms with Crippen molar-refractivity contribution in [2.24, 2.45) is 0 Å². The van der Waals surface area contributed by atoms with Crippen molar-refractivity contribution < 1.29 is 22.5 Å². The van der Waals surface area contributed by atoms with Crippen molar-refractivity contribution in [3.63, 3.8) is 0 Å². The van der Waals surface area contributed by atoms with Crippen molar-refractivity contribution in [1.29, 1.82) is 0 Å². The predicted molar refractivity (Wildman–Crippen MR) is 80.4 cm³/mol. The molecule has 0 fully saturated rings. The number of rotatable bonds is 6. The summed E-state index contributed by atoms with van der Waals surface area (Å²) in [5, 5.41) is 6.48. The number of benzene rings is 1. The predicted octanol–water partition coefficient (Wildman–Crippen LogP) is 1.55. The molecule has 2 aromatic rings. The zero-order valence-corrected chi connectivity index (χ0v) is 13.0. The maximum atomic E-state index is 11.6. The van der Waals surface area contributed by atoms with Gasteiger partial charge >= 0.3 is 11.9 Å². The summed E-state index contributed by atoms with van der Waals surface area (Å²) in [4.78, 5) is 11.6. The van der Waals surface area contributed by atoms with E-state index in [-0.39, 0.29) is 18.2 Å². The topological polar surface area (TPSA) is 98.5 Å². The number of hydrogen-bond acceptors (Lipinski definition) is 7. The summed E-state index contributed by atoms with van der Waals surface area (Å²) in [7, 11) is -3.06. The highest BCUT2D eigenvalue weighted by molar-refractivity contribution is 7.89. The van der Waals surface area contributed by atoms with Crippen molar-refractivity contribution in [1.82, 2.24) is 5.16 Å². The Hall–Kier alpha value is -2.35. The minimum atomic E-state index is -3.06. The summed E-state index contributed by atoms with van der Waals surface area (Å²) in [5.41, 5.74) is 1.99. The number of ether oxygens (including phenoxy) is 1. The van der Waals surface area contributed by atoms with E-state index in [1.165, 1.54) is 12.3 Å². The van der Waals surface area contributed by atoms with Crippen LogP contribution in [0.5, 0.6) is 5.95 Å². The van der Waals surface area contributed by atoms with Gasteiger partial charge in [-0.15, -0.1) is 0 Å². The maximum absolute atomic E-state index is 11.6. The van der Waals surface area contributed by atoms with E-state index in [0.717, 1.165) is 0 Å². The van der Waals surface area contributed by atoms with E-state index in [1.807, 2.05) is 0 Å². The first kappa shape index (κ1) is 16.0. The molecule has 0 unspecified atom stereocenters. The second-order valence-corrected chi connectivity index (χ2v) is 7.02. The Labute approximate surface area is 128 Å². The number of hydrogen-bond donors (Lipinski definition) is 1. The molecule has 0 radical (unpaired) electrons. The SMILES string of the molecule is Cc1cc(OC(=O)CNc2ccc(CS(C)(=O)=O)cc2)on1. The third kappa shape index (κ3) is 5.21. The van der Waals surface area contributed by atoms with Gasteiger partial charge in [-0.2, -0.15) is 0 Å². The van der Waals surface area contributed by atoms with Crippen molar-refractivity contribution in [3.05, 3.63) is 41.6 Å². The summed E-state index contributed by atoms with van der Waals surface area (Å²) in [5.74, 6) is -0.482. The molecule has 0 aliphatic heterocycles. The number of aromatic nitrogens is 1. The Balaban J connectivity index is 1.85. The molecule has 0 atom stereocenters. The highest BCUT2D eigenvalue weighted by Crippen LogP contribution is 2.13. The minimum Gasteiger partial charge on any atom is -0.390 e. The van der Waals surface area contributed by atoms with Gasteiger partial charge in [0, 0.05) is 18.0 Å². The Morgan fingerprint density at radius 2 is 2.00 bits per heavy atom. The van der Waals surface area contributed by atoms with Crippen molar-refractivity contribution >= 4 is 21.5 Å². The molecular formula is C14H16N2O5S. The molecule has 0 saturated heterocycles. The number of anilines is 1. The van der Waals surface area contributed by atoms with Crippen LogP contribution in [0, 0.1) is 6.92 Å². The molecule has 0 bridgehead atoms. The lowest BCUT2D eigenvalue weighted by Gasteiger charge is -2.06. The van der Waals surface area contributed by atoms with Crippen molar-refractivity contribution in [3.8, 4) is 5.95 Å². The molecule has 0 spiro atoms. The average molecular weight is 324 g/mol. The van der Waals surface area contributed by atoms with E-state index < -0.39 is 15.8 Å². The van der Waals surface area contributed by atoms with Gasteiger partial charge in [0.2, 0.25) is 0 Å². The van der Waals surface area contributed by atoms with Crippen LogP contribution in [0.2, 0.25) is 0 Å². The first-order valence-corrected chi connectivity index (χ1v) is 8.52. The van der Waals surface area contributed by atoms with Crippen LogP contribution in [-0.2, 0) is 20.4 Å². The van der Waals surface area contributed by atoms with Gasteiger partial charge in [0.1, 0.15) is 6.54 Å². The summed E-state index contributed by atoms with van der Waals surface area (Å²) in [6.07, 6.45) is 1.18. The number of sulfone groups is 1. The fraction of sp³-hybridized carbons (Fsp3) is 0.286. The summed E-state index contributed by atoms with van der Waals surface area (Å²) in [6.45, 7) is 1.67. The molecule has 1 aromatic carbocycles. The Morgan fingerprint density at radius 1 is 1.32 bits per heavy atom. The molecular weight excluding hydrogens is 308 g/mol. The van der Waals surface area contributed by atoms with Gasteiger partial charge in [0.25, 0.3) is 0 Å². The minimum absolute atomic E-state index is 0.0137. The number of nitrogens with one attached hydrogen (secondary N) is 1. The van der Waals surface area contributed by atoms with Gasteiger partial charge < -0.3 is 14.6 Å². The van der Waals surface area contributed by atoms with Gasteiger partial charge in [-0.3, -0.25) is 0 Å². The molecule has 0 aliphatic carbocycles. The summed E-state index contributed by atoms with van der Waals surface area (Å²) in [6, 6.07) is 8.29. The van der Waals surface area contributed by atoms with E-state index >= 15 is 0 Å². The fourth-order valence-corrected chi connectivity index (χ4v) is 2.53. The standard InChI is InChI=1S/C14H16N2O5S/c1-10-7-14(21-16-10)20-13(17)8-15-12-5-3-11(4-6-12)9-22(2,18)19/h3-7,15H,8-9H2,1-2H3. The van der Waals surface area contributed by atoms with Crippen LogP contribution < -0.4 is 10.1 Å². The van der Waals surface area contributed by atoms with Crippen molar-refractivity contribution in [2.75, 3.05) is 18.1 Å². The first-order valence-electron chi connectivity index (χ1n) is 6.46. The van der Waals surface area contributed by atoms with E-state index in [4.69, 9.17) is 9.26 Å². The number of nitrogens with zero attached hydrogens (tertiary/aromatic N) is 1. The molecule has 8 heteroatoms. The van der Waals surface area contributed by atoms with Crippen LogP contribution in [0.1, 0.15) is 11.3 Å². The van der Waals surface area contributed by atoms with E-state index in [9.17, 15) is 13.2 Å². The van der Waals surface area contributed by atoms with Gasteiger partial charge in [0.15, 0.2) is 9.84 Å². The number of carbonyl (C=O) groups excluding carboxylic acids is 1. The second-order valence-electron chi connectivity index (χ2n) is 4.88. The largest absolute Gasteiger partial charge is 0.390 e. The molecule has 7 nitrogen and oxygen atoms in total. The second kappa shape index (κ2) is 6.61. The molecule has 22 heavy (non-hydrogen) atoms. The van der Waals surface area contributed by atoms with Gasteiger partial charge in [-0.05, 0) is 24.6 Å². The lowest BCUT2D eigenvalue weighted by Crippen LogP contribution is -2.19. The van der Waals surface area contributed by atoms with Gasteiger partial charge in [0.05, 0.1) is 11.4 Å². The molecule has 1 N–H and O–H groups in total. The highest BCUT2D eigenvalue weighted by atomic mass is 32.2. The quantitative estimate of drug-likeness (QED) is 0.805. The van der Waals surface area contributed by atoms with E-state index in [1.54, 1.807) is 31.2 Å². The molecule has 2 rings (SSSR count). The average Bonchev–Trinajstić information content (AvgIpc) is 2.81.